The lowest BCUT2D eigenvalue weighted by Crippen LogP contribution is -2.31. The van der Waals surface area contributed by atoms with Gasteiger partial charge in [-0.15, -0.1) is 6.42 Å². The maximum absolute atomic E-state index is 12.0. The molecule has 1 atom stereocenters. The first kappa shape index (κ1) is 15.5. The van der Waals surface area contributed by atoms with Crippen LogP contribution in [-0.2, 0) is 16.0 Å². The van der Waals surface area contributed by atoms with E-state index in [9.17, 15) is 4.79 Å². The van der Waals surface area contributed by atoms with Gasteiger partial charge < -0.3 is 14.8 Å². The second kappa shape index (κ2) is 7.79. The summed E-state index contributed by atoms with van der Waals surface area (Å²) in [6, 6.07) is 0. The normalized spacial score (nSPS) is 11.9. The van der Waals surface area contributed by atoms with Gasteiger partial charge in [0.05, 0.1) is 23.9 Å². The van der Waals surface area contributed by atoms with E-state index in [0.717, 1.165) is 4.68 Å². The second-order valence-corrected chi connectivity index (χ2v) is 4.14. The molecule has 1 N–H and O–H groups in total. The van der Waals surface area contributed by atoms with Crippen molar-refractivity contribution in [2.45, 2.75) is 12.6 Å². The molecule has 6 nitrogen and oxygen atoms in total. The van der Waals surface area contributed by atoms with Crippen LogP contribution in [0.2, 0.25) is 5.02 Å². The third-order valence-corrected chi connectivity index (χ3v) is 2.72. The van der Waals surface area contributed by atoms with E-state index in [-0.39, 0.29) is 28.9 Å². The molecule has 0 radical (unpaired) electrons. The first-order chi connectivity index (χ1) is 9.13. The van der Waals surface area contributed by atoms with Crippen molar-refractivity contribution >= 4 is 17.3 Å². The van der Waals surface area contributed by atoms with Crippen molar-refractivity contribution in [1.82, 2.24) is 9.78 Å². The Kier molecular flexibility index (Phi) is 6.36. The number of hydrogen-bond acceptors (Lipinski definition) is 5. The zero-order valence-electron chi connectivity index (χ0n) is 10.9. The van der Waals surface area contributed by atoms with Gasteiger partial charge in [0.25, 0.3) is 5.56 Å². The lowest BCUT2D eigenvalue weighted by atomic mass is 10.3. The number of rotatable bonds is 7. The van der Waals surface area contributed by atoms with E-state index in [1.54, 1.807) is 14.2 Å². The van der Waals surface area contributed by atoms with Crippen molar-refractivity contribution < 1.29 is 9.47 Å². The molecule has 104 valence electrons. The maximum atomic E-state index is 12.0. The molecule has 19 heavy (non-hydrogen) atoms. The average Bonchev–Trinajstić information content (AvgIpc) is 2.40. The third-order valence-electron chi connectivity index (χ3n) is 2.43. The fraction of sp³-hybridized carbons (Fsp3) is 0.500. The molecule has 1 aromatic heterocycles. The largest absolute Gasteiger partial charge is 0.382 e. The van der Waals surface area contributed by atoms with Crippen LogP contribution in [0.5, 0.6) is 0 Å². The van der Waals surface area contributed by atoms with E-state index in [1.165, 1.54) is 6.20 Å². The first-order valence-corrected chi connectivity index (χ1v) is 5.96. The standard InChI is InChI=1S/C12H16ClN3O3/c1-4-5-16-12(17)11(10(13)7-15-16)14-6-9(19-3)8-18-2/h1,7,9,14H,5-6,8H2,2-3H3. The second-order valence-electron chi connectivity index (χ2n) is 3.73. The molecule has 1 unspecified atom stereocenters. The predicted molar refractivity (Wildman–Crippen MR) is 73.5 cm³/mol. The minimum atomic E-state index is -0.363. The Morgan fingerprint density at radius 3 is 2.95 bits per heavy atom. The Bertz CT molecular complexity index is 510. The van der Waals surface area contributed by atoms with Crippen LogP contribution in [-0.4, -0.2) is 43.3 Å². The number of methoxy groups -OCH3 is 2. The molecule has 0 aromatic carbocycles. The number of halogens is 1. The quantitative estimate of drug-likeness (QED) is 0.744. The third kappa shape index (κ3) is 4.24. The van der Waals surface area contributed by atoms with Crippen molar-refractivity contribution in [3.05, 3.63) is 21.6 Å². The number of nitrogens with zero attached hydrogens (tertiary/aromatic N) is 2. The monoisotopic (exact) mass is 285 g/mol. The van der Waals surface area contributed by atoms with Crippen LogP contribution in [0.15, 0.2) is 11.0 Å². The fourth-order valence-electron chi connectivity index (χ4n) is 1.44. The SMILES string of the molecule is C#CCn1ncc(Cl)c(NCC(COC)OC)c1=O. The van der Waals surface area contributed by atoms with Crippen molar-refractivity contribution in [3.63, 3.8) is 0 Å². The Balaban J connectivity index is 2.86. The molecule has 0 bridgehead atoms. The van der Waals surface area contributed by atoms with Gasteiger partial charge in [-0.1, -0.05) is 17.5 Å². The summed E-state index contributed by atoms with van der Waals surface area (Å²) < 4.78 is 11.3. The topological polar surface area (TPSA) is 65.4 Å². The molecule has 1 heterocycles. The highest BCUT2D eigenvalue weighted by Crippen LogP contribution is 2.15. The molecule has 0 saturated heterocycles. The minimum absolute atomic E-state index is 0.0937. The summed E-state index contributed by atoms with van der Waals surface area (Å²) in [5.41, 5.74) is -0.109. The summed E-state index contributed by atoms with van der Waals surface area (Å²) in [6.45, 7) is 0.889. The number of anilines is 1. The predicted octanol–water partition coefficient (Wildman–Crippen LogP) is 0.603. The van der Waals surface area contributed by atoms with Crippen LogP contribution >= 0.6 is 11.6 Å². The average molecular weight is 286 g/mol. The van der Waals surface area contributed by atoms with Crippen molar-refractivity contribution in [2.75, 3.05) is 32.7 Å². The number of ether oxygens (including phenoxy) is 2. The molecular weight excluding hydrogens is 270 g/mol. The molecule has 0 aliphatic carbocycles. The Morgan fingerprint density at radius 2 is 2.37 bits per heavy atom. The number of terminal acetylenes is 1. The minimum Gasteiger partial charge on any atom is -0.382 e. The maximum Gasteiger partial charge on any atom is 0.292 e. The molecule has 0 spiro atoms. The van der Waals surface area contributed by atoms with Crippen molar-refractivity contribution in [2.24, 2.45) is 0 Å². The highest BCUT2D eigenvalue weighted by Gasteiger charge is 2.12. The van der Waals surface area contributed by atoms with Gasteiger partial charge in [-0.2, -0.15) is 5.10 Å². The number of aromatic nitrogens is 2. The summed E-state index contributed by atoms with van der Waals surface area (Å²) in [5, 5.41) is 7.02. The zero-order chi connectivity index (χ0) is 14.3. The van der Waals surface area contributed by atoms with E-state index in [0.29, 0.717) is 13.2 Å². The summed E-state index contributed by atoms with van der Waals surface area (Å²) in [7, 11) is 3.14. The van der Waals surface area contributed by atoms with Gasteiger partial charge in [0.15, 0.2) is 0 Å². The van der Waals surface area contributed by atoms with Crippen LogP contribution in [0.25, 0.3) is 0 Å². The molecule has 0 fully saturated rings. The van der Waals surface area contributed by atoms with E-state index >= 15 is 0 Å². The number of hydrogen-bond donors (Lipinski definition) is 1. The Labute approximate surface area is 116 Å². The van der Waals surface area contributed by atoms with Crippen LogP contribution in [0.4, 0.5) is 5.69 Å². The lowest BCUT2D eigenvalue weighted by Gasteiger charge is -2.16. The number of nitrogens with one attached hydrogen (secondary N) is 1. The van der Waals surface area contributed by atoms with E-state index in [1.807, 2.05) is 0 Å². The van der Waals surface area contributed by atoms with E-state index in [4.69, 9.17) is 27.5 Å². The molecule has 0 saturated carbocycles. The highest BCUT2D eigenvalue weighted by molar-refractivity contribution is 6.32. The fourth-order valence-corrected chi connectivity index (χ4v) is 1.63. The van der Waals surface area contributed by atoms with Gasteiger partial charge in [-0.3, -0.25) is 4.79 Å². The highest BCUT2D eigenvalue weighted by atomic mass is 35.5. The van der Waals surface area contributed by atoms with Crippen molar-refractivity contribution in [3.8, 4) is 12.3 Å². The molecule has 7 heteroatoms. The molecule has 0 aliphatic rings. The van der Waals surface area contributed by atoms with Gasteiger partial charge in [-0.05, 0) is 0 Å². The van der Waals surface area contributed by atoms with Crippen LogP contribution in [0, 0.1) is 12.3 Å². The summed E-state index contributed by atoms with van der Waals surface area (Å²) in [6.07, 6.45) is 6.35. The summed E-state index contributed by atoms with van der Waals surface area (Å²) in [5.74, 6) is 2.35. The van der Waals surface area contributed by atoms with Crippen LogP contribution in [0.3, 0.4) is 0 Å². The van der Waals surface area contributed by atoms with Gasteiger partial charge >= 0.3 is 0 Å². The van der Waals surface area contributed by atoms with Gasteiger partial charge in [0.1, 0.15) is 12.2 Å². The van der Waals surface area contributed by atoms with Gasteiger partial charge in [-0.25, -0.2) is 4.68 Å². The lowest BCUT2D eigenvalue weighted by molar-refractivity contribution is 0.0365. The van der Waals surface area contributed by atoms with Gasteiger partial charge in [0, 0.05) is 20.8 Å². The van der Waals surface area contributed by atoms with Crippen LogP contribution in [0.1, 0.15) is 0 Å². The Hall–Kier alpha value is -1.55. The molecule has 0 amide bonds. The van der Waals surface area contributed by atoms with E-state index < -0.39 is 0 Å². The van der Waals surface area contributed by atoms with Crippen molar-refractivity contribution in [1.29, 1.82) is 0 Å². The Morgan fingerprint density at radius 1 is 1.63 bits per heavy atom. The van der Waals surface area contributed by atoms with E-state index in [2.05, 4.69) is 16.3 Å². The van der Waals surface area contributed by atoms with Crippen LogP contribution < -0.4 is 10.9 Å². The van der Waals surface area contributed by atoms with Gasteiger partial charge in [0.2, 0.25) is 0 Å². The smallest absolute Gasteiger partial charge is 0.292 e. The molecule has 1 rings (SSSR count). The molecular formula is C12H16ClN3O3. The first-order valence-electron chi connectivity index (χ1n) is 5.58. The summed E-state index contributed by atoms with van der Waals surface area (Å²) in [4.78, 5) is 12.0. The molecule has 0 aliphatic heterocycles. The molecule has 1 aromatic rings. The summed E-state index contributed by atoms with van der Waals surface area (Å²) >= 11 is 5.94. The zero-order valence-corrected chi connectivity index (χ0v) is 11.6.